The molecular formula is C21H20F5N5O2S2. The van der Waals surface area contributed by atoms with Gasteiger partial charge in [0, 0.05) is 29.8 Å². The van der Waals surface area contributed by atoms with Crippen LogP contribution in [0.3, 0.4) is 0 Å². The summed E-state index contributed by atoms with van der Waals surface area (Å²) in [5.41, 5.74) is -4.45. The number of nitrogens with one attached hydrogen (secondary N) is 2. The van der Waals surface area contributed by atoms with Gasteiger partial charge in [0.25, 0.3) is 0 Å². The summed E-state index contributed by atoms with van der Waals surface area (Å²) in [4.78, 5) is 17.4. The molecule has 5 rings (SSSR count). The van der Waals surface area contributed by atoms with Crippen molar-refractivity contribution in [1.82, 2.24) is 20.4 Å². The molecule has 2 fully saturated rings. The third kappa shape index (κ3) is 5.09. The maximum absolute atomic E-state index is 14.6. The van der Waals surface area contributed by atoms with Crippen LogP contribution in [-0.2, 0) is 4.79 Å². The highest BCUT2D eigenvalue weighted by Crippen LogP contribution is 2.51. The van der Waals surface area contributed by atoms with Gasteiger partial charge < -0.3 is 20.1 Å². The lowest BCUT2D eigenvalue weighted by molar-refractivity contribution is -0.119. The molecule has 2 N–H and O–H groups in total. The number of hydrogen-bond acceptors (Lipinski definition) is 8. The first-order valence-electron chi connectivity index (χ1n) is 10.8. The van der Waals surface area contributed by atoms with E-state index in [4.69, 9.17) is 4.52 Å². The normalized spacial score (nSPS) is 23.7. The molecule has 2 aliphatic heterocycles. The van der Waals surface area contributed by atoms with Gasteiger partial charge in [0.1, 0.15) is 18.0 Å². The Labute approximate surface area is 204 Å². The van der Waals surface area contributed by atoms with E-state index in [1.54, 1.807) is 7.05 Å². The molecule has 2 aliphatic rings. The molecule has 2 aromatic heterocycles. The van der Waals surface area contributed by atoms with E-state index in [2.05, 4.69) is 20.8 Å². The number of thiophene rings is 1. The molecule has 14 heteroatoms. The number of rotatable bonds is 5. The largest absolute Gasteiger partial charge is 0.446 e. The number of amides is 1. The molecule has 4 heterocycles. The number of carbonyl (C=O) groups is 1. The molecular weight excluding hydrogens is 513 g/mol. The van der Waals surface area contributed by atoms with E-state index in [9.17, 15) is 26.7 Å². The van der Waals surface area contributed by atoms with E-state index in [0.717, 1.165) is 23.5 Å². The van der Waals surface area contributed by atoms with Crippen LogP contribution >= 0.6 is 23.1 Å². The van der Waals surface area contributed by atoms with Gasteiger partial charge in [-0.25, -0.2) is 8.78 Å². The molecule has 0 spiro atoms. The molecule has 2 saturated heterocycles. The second-order valence-electron chi connectivity index (χ2n) is 8.57. The lowest BCUT2D eigenvalue weighted by Crippen LogP contribution is -2.46. The highest BCUT2D eigenvalue weighted by atomic mass is 32.2. The van der Waals surface area contributed by atoms with Gasteiger partial charge in [-0.15, -0.1) is 11.3 Å². The Hall–Kier alpha value is -2.45. The Morgan fingerprint density at radius 2 is 2.11 bits per heavy atom. The van der Waals surface area contributed by atoms with E-state index in [1.807, 2.05) is 4.90 Å². The van der Waals surface area contributed by atoms with Crippen LogP contribution in [0.25, 0.3) is 20.8 Å². The quantitative estimate of drug-likeness (QED) is 0.349. The number of halogens is 5. The monoisotopic (exact) mass is 533 g/mol. The average molecular weight is 534 g/mol. The molecule has 3 aromatic rings. The average Bonchev–Trinajstić information content (AvgIpc) is 3.48. The summed E-state index contributed by atoms with van der Waals surface area (Å²) in [7, 11) is 1.80. The van der Waals surface area contributed by atoms with Crippen LogP contribution in [0.15, 0.2) is 21.6 Å². The summed E-state index contributed by atoms with van der Waals surface area (Å²) in [6.45, 7) is 0.828. The number of alkyl halides is 4. The zero-order valence-corrected chi connectivity index (χ0v) is 19.9. The Morgan fingerprint density at radius 1 is 1.31 bits per heavy atom. The molecule has 188 valence electrons. The molecule has 7 nitrogen and oxygen atoms in total. The van der Waals surface area contributed by atoms with Crippen LogP contribution in [0.5, 0.6) is 0 Å². The number of likely N-dealkylation sites (tertiary alicyclic amines) is 1. The lowest BCUT2D eigenvalue weighted by atomic mass is 10.0. The minimum absolute atomic E-state index is 0.0266. The van der Waals surface area contributed by atoms with Crippen molar-refractivity contribution in [3.05, 3.63) is 23.8 Å². The summed E-state index contributed by atoms with van der Waals surface area (Å²) >= 11 is 0.553. The predicted molar refractivity (Wildman–Crippen MR) is 122 cm³/mol. The van der Waals surface area contributed by atoms with Gasteiger partial charge in [-0.3, -0.25) is 4.79 Å². The molecule has 0 saturated carbocycles. The SMILES string of the molecule is CN1CC[C@@H](Nc2cc(F)cc3c(SC(F)(F)F)c(-c4noc([C@H]5CCC(=O)N5)n4)sc23)[C@@H](F)C1. The number of piperidine rings is 1. The third-order valence-corrected chi connectivity index (χ3v) is 8.17. The van der Waals surface area contributed by atoms with Crippen molar-refractivity contribution in [3.8, 4) is 10.7 Å². The number of hydrogen-bond donors (Lipinski definition) is 2. The van der Waals surface area contributed by atoms with Crippen LogP contribution in [0.4, 0.5) is 27.6 Å². The molecule has 0 bridgehead atoms. The van der Waals surface area contributed by atoms with Crippen LogP contribution in [-0.4, -0.2) is 58.8 Å². The Kier molecular flexibility index (Phi) is 6.38. The number of nitrogens with zero attached hydrogens (tertiary/aromatic N) is 3. The van der Waals surface area contributed by atoms with Crippen molar-refractivity contribution in [2.24, 2.45) is 0 Å². The number of aromatic nitrogens is 2. The Bertz CT molecular complexity index is 1260. The first kappa shape index (κ1) is 24.3. The zero-order valence-electron chi connectivity index (χ0n) is 18.3. The van der Waals surface area contributed by atoms with Crippen molar-refractivity contribution in [1.29, 1.82) is 0 Å². The van der Waals surface area contributed by atoms with Crippen molar-refractivity contribution in [2.75, 3.05) is 25.5 Å². The third-order valence-electron chi connectivity index (χ3n) is 5.95. The number of thioether (sulfide) groups is 1. The van der Waals surface area contributed by atoms with E-state index in [0.29, 0.717) is 24.1 Å². The molecule has 35 heavy (non-hydrogen) atoms. The van der Waals surface area contributed by atoms with Crippen LogP contribution in [0, 0.1) is 5.82 Å². The summed E-state index contributed by atoms with van der Waals surface area (Å²) in [5.74, 6) is -0.944. The number of benzene rings is 1. The molecule has 3 atom stereocenters. The topological polar surface area (TPSA) is 83.3 Å². The second kappa shape index (κ2) is 9.21. The number of carbonyl (C=O) groups excluding carboxylic acids is 1. The van der Waals surface area contributed by atoms with Crippen molar-refractivity contribution >= 4 is 44.8 Å². The first-order chi connectivity index (χ1) is 16.6. The molecule has 1 amide bonds. The molecule has 0 aliphatic carbocycles. The van der Waals surface area contributed by atoms with E-state index in [1.165, 1.54) is 0 Å². The van der Waals surface area contributed by atoms with Gasteiger partial charge in [0.05, 0.1) is 21.3 Å². The fourth-order valence-corrected chi connectivity index (χ4v) is 6.38. The lowest BCUT2D eigenvalue weighted by Gasteiger charge is -2.33. The fourth-order valence-electron chi connectivity index (χ4n) is 4.30. The first-order valence-corrected chi connectivity index (χ1v) is 12.4. The number of anilines is 1. The predicted octanol–water partition coefficient (Wildman–Crippen LogP) is 5.11. The smallest absolute Gasteiger partial charge is 0.378 e. The summed E-state index contributed by atoms with van der Waals surface area (Å²) in [6.07, 6.45) is -0.0605. The number of fused-ring (bicyclic) bond motifs is 1. The van der Waals surface area contributed by atoms with Crippen molar-refractivity contribution in [3.63, 3.8) is 0 Å². The highest BCUT2D eigenvalue weighted by Gasteiger charge is 2.36. The summed E-state index contributed by atoms with van der Waals surface area (Å²) < 4.78 is 75.2. The minimum atomic E-state index is -4.66. The molecule has 0 radical (unpaired) electrons. The zero-order chi connectivity index (χ0) is 24.9. The molecule has 1 aromatic carbocycles. The Balaban J connectivity index is 1.57. The Morgan fingerprint density at radius 3 is 2.80 bits per heavy atom. The van der Waals surface area contributed by atoms with Gasteiger partial charge in [-0.05, 0) is 43.8 Å². The van der Waals surface area contributed by atoms with Crippen molar-refractivity contribution in [2.45, 2.75) is 47.9 Å². The molecule has 0 unspecified atom stereocenters. The summed E-state index contributed by atoms with van der Waals surface area (Å²) in [6, 6.07) is 1.06. The van der Waals surface area contributed by atoms with E-state index in [-0.39, 0.29) is 51.4 Å². The summed E-state index contributed by atoms with van der Waals surface area (Å²) in [5, 5.41) is 9.55. The van der Waals surface area contributed by atoms with Gasteiger partial charge in [0.2, 0.25) is 17.6 Å². The van der Waals surface area contributed by atoms with Gasteiger partial charge in [0.15, 0.2) is 0 Å². The van der Waals surface area contributed by atoms with Crippen LogP contribution < -0.4 is 10.6 Å². The maximum atomic E-state index is 14.6. The van der Waals surface area contributed by atoms with Gasteiger partial charge >= 0.3 is 5.51 Å². The van der Waals surface area contributed by atoms with Gasteiger partial charge in [-0.1, -0.05) is 5.16 Å². The fraction of sp³-hybridized carbons (Fsp3) is 0.476. The van der Waals surface area contributed by atoms with Crippen LogP contribution in [0.1, 0.15) is 31.2 Å². The standard InChI is InChI=1S/C21H20F5N5O2S2/c1-31-5-4-12(11(23)8-31)27-14-7-9(22)6-10-16(14)34-18(17(10)35-21(24,25)26)19-29-20(33-30-19)13-2-3-15(32)28-13/h6-7,11-13,27H,2-5,8H2,1H3,(H,28,32)/t11-,12+,13+/m0/s1. The van der Waals surface area contributed by atoms with Crippen molar-refractivity contribution < 1.29 is 31.3 Å². The second-order valence-corrected chi connectivity index (χ2v) is 10.7. The maximum Gasteiger partial charge on any atom is 0.446 e. The minimum Gasteiger partial charge on any atom is -0.378 e. The van der Waals surface area contributed by atoms with Crippen LogP contribution in [0.2, 0.25) is 0 Å². The highest BCUT2D eigenvalue weighted by molar-refractivity contribution is 8.00. The van der Waals surface area contributed by atoms with E-state index >= 15 is 0 Å². The van der Waals surface area contributed by atoms with Gasteiger partial charge in [-0.2, -0.15) is 18.2 Å². The van der Waals surface area contributed by atoms with E-state index < -0.39 is 41.3 Å².